The molecule has 4 heteroatoms. The van der Waals surface area contributed by atoms with E-state index in [9.17, 15) is 0 Å². The van der Waals surface area contributed by atoms with E-state index < -0.39 is 0 Å². The van der Waals surface area contributed by atoms with Crippen LogP contribution in [0.15, 0.2) is 30.5 Å². The Labute approximate surface area is 92.9 Å². The van der Waals surface area contributed by atoms with Gasteiger partial charge in [-0.05, 0) is 12.5 Å². The van der Waals surface area contributed by atoms with Gasteiger partial charge in [-0.1, -0.05) is 41.4 Å². The minimum absolute atomic E-state index is 0.259. The van der Waals surface area contributed by atoms with Gasteiger partial charge in [0.25, 0.3) is 0 Å². The van der Waals surface area contributed by atoms with Crippen LogP contribution in [0.4, 0.5) is 5.82 Å². The highest BCUT2D eigenvalue weighted by Gasteiger charge is 2.07. The van der Waals surface area contributed by atoms with Gasteiger partial charge in [-0.2, -0.15) is 5.10 Å². The fourth-order valence-electron chi connectivity index (χ4n) is 1.32. The zero-order chi connectivity index (χ0) is 10.8. The molecular weight excluding hydrogens is 210 g/mol. The molecule has 0 radical (unpaired) electrons. The molecule has 15 heavy (non-hydrogen) atoms. The molecule has 2 aromatic rings. The number of aryl methyl sites for hydroxylation is 1. The summed E-state index contributed by atoms with van der Waals surface area (Å²) < 4.78 is 0. The van der Waals surface area contributed by atoms with Crippen molar-refractivity contribution in [3.63, 3.8) is 0 Å². The number of aromatic nitrogens is 2. The lowest BCUT2D eigenvalue weighted by molar-refractivity contribution is 1.04. The highest BCUT2D eigenvalue weighted by molar-refractivity contribution is 6.35. The number of benzene rings is 1. The largest absolute Gasteiger partial charge is 0.381 e. The van der Waals surface area contributed by atoms with Crippen LogP contribution in [-0.2, 0) is 0 Å². The van der Waals surface area contributed by atoms with Crippen LogP contribution in [0, 0.1) is 6.92 Å². The molecule has 1 aromatic carbocycles. The van der Waals surface area contributed by atoms with Crippen molar-refractivity contribution < 1.29 is 0 Å². The average molecular weight is 220 g/mol. The molecular formula is C11H10ClN3. The van der Waals surface area contributed by atoms with Crippen molar-refractivity contribution >= 4 is 17.4 Å². The normalized spacial score (nSPS) is 10.3. The third kappa shape index (κ3) is 1.92. The van der Waals surface area contributed by atoms with E-state index >= 15 is 0 Å². The lowest BCUT2D eigenvalue weighted by Gasteiger charge is -2.05. The molecule has 0 aliphatic carbocycles. The molecule has 0 saturated heterocycles. The minimum Gasteiger partial charge on any atom is -0.381 e. The van der Waals surface area contributed by atoms with Gasteiger partial charge in [0.05, 0.1) is 11.2 Å². The van der Waals surface area contributed by atoms with Crippen LogP contribution < -0.4 is 5.73 Å². The first-order valence-corrected chi connectivity index (χ1v) is 4.90. The minimum atomic E-state index is 0.259. The Morgan fingerprint density at radius 3 is 2.53 bits per heavy atom. The van der Waals surface area contributed by atoms with Crippen LogP contribution in [0.2, 0.25) is 5.02 Å². The Hall–Kier alpha value is -1.61. The maximum absolute atomic E-state index is 6.04. The fourth-order valence-corrected chi connectivity index (χ4v) is 1.52. The summed E-state index contributed by atoms with van der Waals surface area (Å²) >= 11 is 6.04. The molecule has 0 saturated carbocycles. The van der Waals surface area contributed by atoms with E-state index in [1.165, 1.54) is 5.56 Å². The summed E-state index contributed by atoms with van der Waals surface area (Å²) in [7, 11) is 0. The second-order valence-corrected chi connectivity index (χ2v) is 3.70. The number of hydrogen-bond acceptors (Lipinski definition) is 3. The van der Waals surface area contributed by atoms with Gasteiger partial charge in [-0.15, -0.1) is 5.10 Å². The van der Waals surface area contributed by atoms with Crippen LogP contribution in [0.3, 0.4) is 0 Å². The van der Waals surface area contributed by atoms with Crippen molar-refractivity contribution in [2.45, 2.75) is 6.92 Å². The van der Waals surface area contributed by atoms with Crippen molar-refractivity contribution in [3.8, 4) is 11.1 Å². The van der Waals surface area contributed by atoms with Gasteiger partial charge in [-0.3, -0.25) is 0 Å². The van der Waals surface area contributed by atoms with Crippen molar-refractivity contribution in [1.82, 2.24) is 10.2 Å². The summed E-state index contributed by atoms with van der Waals surface area (Å²) in [4.78, 5) is 0. The van der Waals surface area contributed by atoms with Crippen molar-refractivity contribution in [3.05, 3.63) is 41.0 Å². The first-order valence-electron chi connectivity index (χ1n) is 4.52. The summed E-state index contributed by atoms with van der Waals surface area (Å²) in [6.07, 6.45) is 1.61. The highest BCUT2D eigenvalue weighted by Crippen LogP contribution is 2.29. The fraction of sp³-hybridized carbons (Fsp3) is 0.0909. The van der Waals surface area contributed by atoms with Crippen LogP contribution in [0.1, 0.15) is 5.56 Å². The van der Waals surface area contributed by atoms with Crippen LogP contribution in [-0.4, -0.2) is 10.2 Å². The van der Waals surface area contributed by atoms with Crippen molar-refractivity contribution in [2.24, 2.45) is 0 Å². The molecule has 0 aliphatic heterocycles. The monoisotopic (exact) mass is 219 g/mol. The lowest BCUT2D eigenvalue weighted by atomic mass is 10.1. The van der Waals surface area contributed by atoms with E-state index in [4.69, 9.17) is 17.3 Å². The van der Waals surface area contributed by atoms with Crippen molar-refractivity contribution in [1.29, 1.82) is 0 Å². The molecule has 0 fully saturated rings. The maximum Gasteiger partial charge on any atom is 0.165 e. The molecule has 2 rings (SSSR count). The van der Waals surface area contributed by atoms with Gasteiger partial charge in [0.15, 0.2) is 5.82 Å². The number of nitrogens with two attached hydrogens (primary N) is 1. The molecule has 0 amide bonds. The molecule has 0 unspecified atom stereocenters. The second kappa shape index (κ2) is 3.87. The topological polar surface area (TPSA) is 51.8 Å². The van der Waals surface area contributed by atoms with E-state index in [0.717, 1.165) is 11.1 Å². The van der Waals surface area contributed by atoms with E-state index in [2.05, 4.69) is 10.2 Å². The standard InChI is InChI=1S/C11H10ClN3/c1-7-2-4-8(5-3-7)9-6-14-15-11(13)10(9)12/h2-6H,1H3,(H2,13,15). The number of anilines is 1. The van der Waals surface area contributed by atoms with Crippen LogP contribution >= 0.6 is 11.6 Å². The van der Waals surface area contributed by atoms with E-state index in [1.807, 2.05) is 31.2 Å². The van der Waals surface area contributed by atoms with Gasteiger partial charge in [0.2, 0.25) is 0 Å². The first kappa shape index (κ1) is 9.93. The van der Waals surface area contributed by atoms with Crippen LogP contribution in [0.5, 0.6) is 0 Å². The Kier molecular flexibility index (Phi) is 2.56. The van der Waals surface area contributed by atoms with E-state index in [1.54, 1.807) is 6.20 Å². The second-order valence-electron chi connectivity index (χ2n) is 3.32. The molecule has 0 bridgehead atoms. The van der Waals surface area contributed by atoms with Gasteiger partial charge in [0, 0.05) is 5.56 Å². The molecule has 0 atom stereocenters. The quantitative estimate of drug-likeness (QED) is 0.802. The first-order chi connectivity index (χ1) is 7.18. The maximum atomic E-state index is 6.04. The summed E-state index contributed by atoms with van der Waals surface area (Å²) in [6, 6.07) is 8.00. The predicted octanol–water partition coefficient (Wildman–Crippen LogP) is 2.69. The van der Waals surface area contributed by atoms with Crippen molar-refractivity contribution in [2.75, 3.05) is 5.73 Å². The zero-order valence-electron chi connectivity index (χ0n) is 8.24. The van der Waals surface area contributed by atoms with Gasteiger partial charge >= 0.3 is 0 Å². The molecule has 1 heterocycles. The zero-order valence-corrected chi connectivity index (χ0v) is 8.99. The number of rotatable bonds is 1. The Morgan fingerprint density at radius 1 is 1.20 bits per heavy atom. The SMILES string of the molecule is Cc1ccc(-c2cnnc(N)c2Cl)cc1. The van der Waals surface area contributed by atoms with Gasteiger partial charge in [-0.25, -0.2) is 0 Å². The summed E-state index contributed by atoms with van der Waals surface area (Å²) in [5.41, 5.74) is 8.58. The smallest absolute Gasteiger partial charge is 0.165 e. The Balaban J connectivity index is 2.54. The number of nitrogen functional groups attached to an aromatic ring is 1. The predicted molar refractivity (Wildman–Crippen MR) is 61.6 cm³/mol. The molecule has 3 nitrogen and oxygen atoms in total. The van der Waals surface area contributed by atoms with E-state index in [-0.39, 0.29) is 5.82 Å². The molecule has 2 N–H and O–H groups in total. The third-order valence-electron chi connectivity index (χ3n) is 2.18. The molecule has 0 spiro atoms. The number of nitrogens with zero attached hydrogens (tertiary/aromatic N) is 2. The number of halogens is 1. The summed E-state index contributed by atoms with van der Waals surface area (Å²) in [6.45, 7) is 2.03. The van der Waals surface area contributed by atoms with E-state index in [0.29, 0.717) is 5.02 Å². The average Bonchev–Trinajstić information content (AvgIpc) is 2.24. The molecule has 0 aliphatic rings. The molecule has 76 valence electrons. The molecule has 1 aromatic heterocycles. The Bertz CT molecular complexity index is 480. The summed E-state index contributed by atoms with van der Waals surface area (Å²) in [5.74, 6) is 0.259. The summed E-state index contributed by atoms with van der Waals surface area (Å²) in [5, 5.41) is 7.92. The lowest BCUT2D eigenvalue weighted by Crippen LogP contribution is -1.95. The third-order valence-corrected chi connectivity index (χ3v) is 2.57. The number of hydrogen-bond donors (Lipinski definition) is 1. The Morgan fingerprint density at radius 2 is 1.87 bits per heavy atom. The highest BCUT2D eigenvalue weighted by atomic mass is 35.5. The van der Waals surface area contributed by atoms with Gasteiger partial charge in [0.1, 0.15) is 0 Å². The van der Waals surface area contributed by atoms with Gasteiger partial charge < -0.3 is 5.73 Å². The van der Waals surface area contributed by atoms with Crippen LogP contribution in [0.25, 0.3) is 11.1 Å².